The van der Waals surface area contributed by atoms with Crippen LogP contribution in [0.25, 0.3) is 11.0 Å². The number of benzene rings is 1. The summed E-state index contributed by atoms with van der Waals surface area (Å²) < 4.78 is 6.74. The molecule has 1 aromatic carbocycles. The minimum absolute atomic E-state index is 0.00924. The van der Waals surface area contributed by atoms with Crippen molar-refractivity contribution in [3.8, 4) is 0 Å². The summed E-state index contributed by atoms with van der Waals surface area (Å²) in [5, 5.41) is 0.645. The lowest BCUT2D eigenvalue weighted by molar-refractivity contribution is -0.123. The van der Waals surface area contributed by atoms with Gasteiger partial charge in [0.05, 0.1) is 4.47 Å². The second kappa shape index (κ2) is 6.68. The molecule has 8 heteroatoms. The number of hydrogen-bond donors (Lipinski definition) is 1. The number of hydrogen-bond acceptors (Lipinski definition) is 4. The Morgan fingerprint density at radius 3 is 2.46 bits per heavy atom. The highest BCUT2D eigenvalue weighted by molar-refractivity contribution is 9.11. The molecule has 24 heavy (non-hydrogen) atoms. The van der Waals surface area contributed by atoms with Crippen molar-refractivity contribution >= 4 is 54.6 Å². The van der Waals surface area contributed by atoms with Gasteiger partial charge in [-0.3, -0.25) is 9.59 Å². The van der Waals surface area contributed by atoms with Crippen molar-refractivity contribution in [2.75, 3.05) is 13.1 Å². The number of carbonyl (C=O) groups excluding carboxylic acids is 2. The van der Waals surface area contributed by atoms with Crippen LogP contribution in [0.2, 0.25) is 0 Å². The minimum Gasteiger partial charge on any atom is -0.421 e. The topological polar surface area (TPSA) is 93.6 Å². The van der Waals surface area contributed by atoms with Gasteiger partial charge in [-0.2, -0.15) is 0 Å². The summed E-state index contributed by atoms with van der Waals surface area (Å²) in [5.74, 6) is -0.944. The number of primary amides is 1. The highest BCUT2D eigenvalue weighted by atomic mass is 79.9. The van der Waals surface area contributed by atoms with Gasteiger partial charge in [0.2, 0.25) is 5.91 Å². The fraction of sp³-hybridized carbons (Fsp3) is 0.312. The molecule has 2 N–H and O–H groups in total. The summed E-state index contributed by atoms with van der Waals surface area (Å²) in [5.41, 5.74) is 5.01. The zero-order valence-corrected chi connectivity index (χ0v) is 15.7. The van der Waals surface area contributed by atoms with Crippen LogP contribution >= 0.6 is 31.9 Å². The summed E-state index contributed by atoms with van der Waals surface area (Å²) in [6.07, 6.45) is 1.02. The van der Waals surface area contributed by atoms with Crippen molar-refractivity contribution in [3.63, 3.8) is 0 Å². The van der Waals surface area contributed by atoms with E-state index in [2.05, 4.69) is 31.9 Å². The Hall–Kier alpha value is -1.67. The van der Waals surface area contributed by atoms with Gasteiger partial charge in [-0.1, -0.05) is 15.9 Å². The molecule has 2 heterocycles. The van der Waals surface area contributed by atoms with E-state index >= 15 is 0 Å². The first kappa shape index (κ1) is 17.2. The Morgan fingerprint density at radius 2 is 1.83 bits per heavy atom. The highest BCUT2D eigenvalue weighted by Gasteiger charge is 2.28. The molecule has 1 aromatic heterocycles. The number of amides is 2. The maximum atomic E-state index is 12.6. The summed E-state index contributed by atoms with van der Waals surface area (Å²) in [6, 6.07) is 5.08. The summed E-state index contributed by atoms with van der Waals surface area (Å²) in [4.78, 5) is 37.6. The van der Waals surface area contributed by atoms with Gasteiger partial charge in [0.25, 0.3) is 5.91 Å². The number of nitrogens with two attached hydrogens (primary N) is 1. The van der Waals surface area contributed by atoms with Crippen LogP contribution in [-0.4, -0.2) is 29.8 Å². The van der Waals surface area contributed by atoms with E-state index in [1.54, 1.807) is 23.1 Å². The second-order valence-corrected chi connectivity index (χ2v) is 7.49. The molecular formula is C16H14Br2N2O4. The van der Waals surface area contributed by atoms with E-state index in [0.29, 0.717) is 41.4 Å². The summed E-state index contributed by atoms with van der Waals surface area (Å²) in [7, 11) is 0. The molecule has 1 saturated heterocycles. The number of rotatable bonds is 2. The van der Waals surface area contributed by atoms with Crippen LogP contribution in [0.3, 0.4) is 0 Å². The number of halogens is 2. The molecule has 0 saturated carbocycles. The average molecular weight is 458 g/mol. The first-order chi connectivity index (χ1) is 11.4. The van der Waals surface area contributed by atoms with E-state index in [9.17, 15) is 14.4 Å². The smallest absolute Gasteiger partial charge is 0.349 e. The molecular weight excluding hydrogens is 444 g/mol. The zero-order chi connectivity index (χ0) is 17.4. The SMILES string of the molecule is NC(=O)C1CCN(C(=O)c2cc3cc(Br)cc(Br)c3oc2=O)CC1. The van der Waals surface area contributed by atoms with Gasteiger partial charge < -0.3 is 15.1 Å². The third-order valence-electron chi connectivity index (χ3n) is 4.17. The van der Waals surface area contributed by atoms with E-state index in [4.69, 9.17) is 10.2 Å². The number of nitrogens with zero attached hydrogens (tertiary/aromatic N) is 1. The van der Waals surface area contributed by atoms with Crippen molar-refractivity contribution in [1.29, 1.82) is 0 Å². The molecule has 2 amide bonds. The van der Waals surface area contributed by atoms with E-state index in [1.165, 1.54) is 0 Å². The molecule has 1 fully saturated rings. The van der Waals surface area contributed by atoms with E-state index in [0.717, 1.165) is 4.47 Å². The Morgan fingerprint density at radius 1 is 1.17 bits per heavy atom. The second-order valence-electron chi connectivity index (χ2n) is 5.72. The van der Waals surface area contributed by atoms with Crippen LogP contribution in [0.1, 0.15) is 23.2 Å². The number of piperidine rings is 1. The Labute approximate surface area is 154 Å². The molecule has 0 unspecified atom stereocenters. The van der Waals surface area contributed by atoms with Crippen molar-refractivity contribution in [2.45, 2.75) is 12.8 Å². The predicted molar refractivity (Wildman–Crippen MR) is 95.7 cm³/mol. The van der Waals surface area contributed by atoms with Crippen molar-refractivity contribution in [2.24, 2.45) is 11.7 Å². The van der Waals surface area contributed by atoms with Crippen LogP contribution < -0.4 is 11.4 Å². The molecule has 0 atom stereocenters. The van der Waals surface area contributed by atoms with Gasteiger partial charge in [0.1, 0.15) is 5.56 Å². The molecule has 0 spiro atoms. The van der Waals surface area contributed by atoms with E-state index in [-0.39, 0.29) is 23.3 Å². The van der Waals surface area contributed by atoms with Crippen molar-refractivity contribution < 1.29 is 14.0 Å². The van der Waals surface area contributed by atoms with E-state index < -0.39 is 5.63 Å². The van der Waals surface area contributed by atoms with Gasteiger partial charge in [-0.25, -0.2) is 4.79 Å². The first-order valence-electron chi connectivity index (χ1n) is 7.38. The number of carbonyl (C=O) groups is 2. The lowest BCUT2D eigenvalue weighted by Crippen LogP contribution is -2.42. The number of fused-ring (bicyclic) bond motifs is 1. The molecule has 1 aliphatic rings. The van der Waals surface area contributed by atoms with Crippen molar-refractivity contribution in [1.82, 2.24) is 4.90 Å². The Balaban J connectivity index is 1.92. The van der Waals surface area contributed by atoms with E-state index in [1.807, 2.05) is 0 Å². The quantitative estimate of drug-likeness (QED) is 0.701. The molecule has 0 bridgehead atoms. The molecule has 2 aromatic rings. The maximum Gasteiger partial charge on any atom is 0.349 e. The van der Waals surface area contributed by atoms with Crippen LogP contribution in [0.4, 0.5) is 0 Å². The standard InChI is InChI=1S/C16H14Br2N2O4/c17-10-5-9-6-11(16(23)24-13(9)12(18)7-10)15(22)20-3-1-8(2-4-20)14(19)21/h5-8H,1-4H2,(H2,19,21). The first-order valence-corrected chi connectivity index (χ1v) is 8.97. The predicted octanol–water partition coefficient (Wildman–Crippen LogP) is 2.66. The molecule has 126 valence electrons. The maximum absolute atomic E-state index is 12.6. The van der Waals surface area contributed by atoms with Gasteiger partial charge in [0.15, 0.2) is 5.58 Å². The van der Waals surface area contributed by atoms with Gasteiger partial charge in [0, 0.05) is 28.9 Å². The molecule has 1 aliphatic heterocycles. The van der Waals surface area contributed by atoms with Crippen LogP contribution in [0.5, 0.6) is 0 Å². The fourth-order valence-corrected chi connectivity index (χ4v) is 4.18. The third-order valence-corrected chi connectivity index (χ3v) is 5.21. The van der Waals surface area contributed by atoms with Crippen LogP contribution in [0.15, 0.2) is 36.4 Å². The lowest BCUT2D eigenvalue weighted by Gasteiger charge is -2.30. The highest BCUT2D eigenvalue weighted by Crippen LogP contribution is 2.28. The Bertz CT molecular complexity index is 886. The van der Waals surface area contributed by atoms with Crippen LogP contribution in [0, 0.1) is 5.92 Å². The van der Waals surface area contributed by atoms with Gasteiger partial charge in [-0.15, -0.1) is 0 Å². The lowest BCUT2D eigenvalue weighted by atomic mass is 9.96. The Kier molecular flexibility index (Phi) is 4.78. The molecule has 3 rings (SSSR count). The molecule has 0 aliphatic carbocycles. The third kappa shape index (κ3) is 3.25. The normalized spacial score (nSPS) is 15.7. The van der Waals surface area contributed by atoms with Gasteiger partial charge in [-0.05, 0) is 47.0 Å². The van der Waals surface area contributed by atoms with Crippen LogP contribution in [-0.2, 0) is 4.79 Å². The fourth-order valence-electron chi connectivity index (χ4n) is 2.84. The van der Waals surface area contributed by atoms with Gasteiger partial charge >= 0.3 is 5.63 Å². The molecule has 6 nitrogen and oxygen atoms in total. The number of likely N-dealkylation sites (tertiary alicyclic amines) is 1. The summed E-state index contributed by atoms with van der Waals surface area (Å²) in [6.45, 7) is 0.790. The largest absolute Gasteiger partial charge is 0.421 e. The zero-order valence-electron chi connectivity index (χ0n) is 12.6. The monoisotopic (exact) mass is 456 g/mol. The molecule has 0 radical (unpaired) electrons. The minimum atomic E-state index is -0.674. The average Bonchev–Trinajstić information content (AvgIpc) is 2.54. The summed E-state index contributed by atoms with van der Waals surface area (Å²) >= 11 is 6.71. The van der Waals surface area contributed by atoms with Crippen molar-refractivity contribution in [3.05, 3.63) is 43.1 Å².